The van der Waals surface area contributed by atoms with Crippen LogP contribution in [0.15, 0.2) is 36.5 Å². The minimum absolute atomic E-state index is 0.143. The summed E-state index contributed by atoms with van der Waals surface area (Å²) >= 11 is 8.03. The summed E-state index contributed by atoms with van der Waals surface area (Å²) in [6.45, 7) is 7.16. The number of rotatable bonds is 5. The lowest BCUT2D eigenvalue weighted by atomic mass is 10.0. The smallest absolute Gasteiger partial charge is 0.248 e. The highest BCUT2D eigenvalue weighted by molar-refractivity contribution is 7.16. The number of ether oxygens (including phenoxy) is 1. The first-order chi connectivity index (χ1) is 14.4. The zero-order chi connectivity index (χ0) is 21.3. The molecule has 2 aromatic rings. The number of aliphatic hydroxyl groups excluding tert-OH is 1. The lowest BCUT2D eigenvalue weighted by Gasteiger charge is -2.38. The standard InChI is InChI=1S/C22H26ClN3O3S/c1-14-21-18(11-20(23)30-21)19(25-6-8-29-9-7-25)13-26(14)17-5-3-4-16(10-17)12-24-22(28)15(2)27/h3-5,10-11,13-15,27H,6-9,12H2,1-2H3,(H,24,28)/t14?,15-/m0/s1. The van der Waals surface area contributed by atoms with Crippen LogP contribution in [0.1, 0.15) is 35.9 Å². The van der Waals surface area contributed by atoms with Gasteiger partial charge in [-0.15, -0.1) is 11.3 Å². The van der Waals surface area contributed by atoms with E-state index in [1.165, 1.54) is 23.1 Å². The molecule has 0 radical (unpaired) electrons. The van der Waals surface area contributed by atoms with Crippen LogP contribution in [-0.2, 0) is 16.1 Å². The third-order valence-corrected chi connectivity index (χ3v) is 6.91. The highest BCUT2D eigenvalue weighted by Crippen LogP contribution is 2.44. The number of thiophene rings is 1. The maximum Gasteiger partial charge on any atom is 0.248 e. The Bertz CT molecular complexity index is 953. The van der Waals surface area contributed by atoms with Crippen LogP contribution >= 0.6 is 22.9 Å². The lowest BCUT2D eigenvalue weighted by molar-refractivity contribution is -0.128. The Labute approximate surface area is 185 Å². The second kappa shape index (κ2) is 8.98. The molecule has 0 spiro atoms. The third kappa shape index (κ3) is 4.34. The van der Waals surface area contributed by atoms with Crippen molar-refractivity contribution in [2.75, 3.05) is 31.2 Å². The monoisotopic (exact) mass is 447 g/mol. The summed E-state index contributed by atoms with van der Waals surface area (Å²) in [6.07, 6.45) is 1.19. The first kappa shape index (κ1) is 21.2. The fraction of sp³-hybridized carbons (Fsp3) is 0.409. The minimum Gasteiger partial charge on any atom is -0.384 e. The molecule has 0 aliphatic carbocycles. The average molecular weight is 448 g/mol. The van der Waals surface area contributed by atoms with Gasteiger partial charge in [0.25, 0.3) is 0 Å². The van der Waals surface area contributed by atoms with Gasteiger partial charge in [0.15, 0.2) is 0 Å². The van der Waals surface area contributed by atoms with Crippen molar-refractivity contribution in [3.8, 4) is 0 Å². The van der Waals surface area contributed by atoms with E-state index >= 15 is 0 Å². The van der Waals surface area contributed by atoms with Gasteiger partial charge in [-0.1, -0.05) is 23.7 Å². The van der Waals surface area contributed by atoms with E-state index in [0.717, 1.165) is 41.9 Å². The van der Waals surface area contributed by atoms with E-state index in [-0.39, 0.29) is 11.9 Å². The van der Waals surface area contributed by atoms with Crippen LogP contribution in [0.3, 0.4) is 0 Å². The van der Waals surface area contributed by atoms with Crippen LogP contribution < -0.4 is 10.2 Å². The Kier molecular flexibility index (Phi) is 6.34. The zero-order valence-electron chi connectivity index (χ0n) is 17.1. The molecule has 30 heavy (non-hydrogen) atoms. The van der Waals surface area contributed by atoms with E-state index in [0.29, 0.717) is 6.54 Å². The highest BCUT2D eigenvalue weighted by atomic mass is 35.5. The number of fused-ring (bicyclic) bond motifs is 1. The molecule has 1 aromatic carbocycles. The summed E-state index contributed by atoms with van der Waals surface area (Å²) in [5.41, 5.74) is 4.40. The number of morpholine rings is 1. The van der Waals surface area contributed by atoms with Gasteiger partial charge in [-0.2, -0.15) is 0 Å². The Balaban J connectivity index is 1.64. The minimum atomic E-state index is -1.02. The molecule has 0 saturated carbocycles. The number of carbonyl (C=O) groups is 1. The van der Waals surface area contributed by atoms with Gasteiger partial charge < -0.3 is 25.0 Å². The summed E-state index contributed by atoms with van der Waals surface area (Å²) in [6, 6.07) is 10.3. The molecule has 1 fully saturated rings. The number of amides is 1. The van der Waals surface area contributed by atoms with Gasteiger partial charge in [-0.05, 0) is 37.6 Å². The van der Waals surface area contributed by atoms with Crippen molar-refractivity contribution in [2.45, 2.75) is 32.5 Å². The number of hydrogen-bond donors (Lipinski definition) is 2. The Morgan fingerprint density at radius 2 is 2.13 bits per heavy atom. The molecule has 0 bridgehead atoms. The van der Waals surface area contributed by atoms with Crippen LogP contribution in [-0.4, -0.2) is 48.3 Å². The van der Waals surface area contributed by atoms with Crippen LogP contribution in [0.5, 0.6) is 0 Å². The van der Waals surface area contributed by atoms with Crippen LogP contribution in [0, 0.1) is 0 Å². The number of nitrogens with zero attached hydrogens (tertiary/aromatic N) is 2. The van der Waals surface area contributed by atoms with Crippen LogP contribution in [0.25, 0.3) is 5.70 Å². The number of anilines is 1. The molecule has 2 atom stereocenters. The average Bonchev–Trinajstić information content (AvgIpc) is 3.15. The number of halogens is 1. The lowest BCUT2D eigenvalue weighted by Crippen LogP contribution is -2.38. The van der Waals surface area contributed by atoms with Crippen molar-refractivity contribution in [1.29, 1.82) is 0 Å². The maximum absolute atomic E-state index is 11.7. The van der Waals surface area contributed by atoms with Gasteiger partial charge >= 0.3 is 0 Å². The molecule has 2 aliphatic heterocycles. The van der Waals surface area contributed by atoms with Crippen molar-refractivity contribution >= 4 is 40.2 Å². The number of aliphatic hydroxyl groups is 1. The van der Waals surface area contributed by atoms with Gasteiger partial charge in [0.2, 0.25) is 5.91 Å². The van der Waals surface area contributed by atoms with Gasteiger partial charge in [-0.3, -0.25) is 4.79 Å². The normalized spacial score (nSPS) is 19.9. The quantitative estimate of drug-likeness (QED) is 0.733. The molecule has 2 aliphatic rings. The van der Waals surface area contributed by atoms with Gasteiger partial charge in [-0.25, -0.2) is 0 Å². The van der Waals surface area contributed by atoms with E-state index in [9.17, 15) is 9.90 Å². The second-order valence-electron chi connectivity index (χ2n) is 7.59. The summed E-state index contributed by atoms with van der Waals surface area (Å²) < 4.78 is 6.33. The Morgan fingerprint density at radius 1 is 1.37 bits per heavy atom. The molecule has 6 nitrogen and oxygen atoms in total. The van der Waals surface area contributed by atoms with E-state index in [4.69, 9.17) is 16.3 Å². The summed E-state index contributed by atoms with van der Waals surface area (Å²) in [5, 5.41) is 12.1. The molecular formula is C22H26ClN3O3S. The summed E-state index contributed by atoms with van der Waals surface area (Å²) in [4.78, 5) is 17.6. The molecule has 1 unspecified atom stereocenters. The zero-order valence-corrected chi connectivity index (χ0v) is 18.7. The van der Waals surface area contributed by atoms with Gasteiger partial charge in [0.1, 0.15) is 6.10 Å². The molecule has 1 saturated heterocycles. The fourth-order valence-corrected chi connectivity index (χ4v) is 5.15. The summed E-state index contributed by atoms with van der Waals surface area (Å²) in [5.74, 6) is -0.376. The number of carbonyl (C=O) groups excluding carboxylic acids is 1. The third-order valence-electron chi connectivity index (χ3n) is 5.47. The van der Waals surface area contributed by atoms with Crippen molar-refractivity contribution < 1.29 is 14.6 Å². The fourth-order valence-electron chi connectivity index (χ4n) is 3.84. The number of nitrogens with one attached hydrogen (secondary N) is 1. The topological polar surface area (TPSA) is 65.0 Å². The van der Waals surface area contributed by atoms with Crippen molar-refractivity contribution in [3.05, 3.63) is 56.9 Å². The largest absolute Gasteiger partial charge is 0.384 e. The molecule has 2 N–H and O–H groups in total. The Hall–Kier alpha value is -2.06. The molecular weight excluding hydrogens is 422 g/mol. The molecule has 160 valence electrons. The highest BCUT2D eigenvalue weighted by Gasteiger charge is 2.30. The van der Waals surface area contributed by atoms with E-state index in [2.05, 4.69) is 46.4 Å². The first-order valence-corrected chi connectivity index (χ1v) is 11.3. The maximum atomic E-state index is 11.7. The first-order valence-electron chi connectivity index (χ1n) is 10.1. The number of hydrogen-bond acceptors (Lipinski definition) is 6. The second-order valence-corrected chi connectivity index (χ2v) is 9.30. The van der Waals surface area contributed by atoms with E-state index < -0.39 is 6.10 Å². The molecule has 1 aromatic heterocycles. The predicted octanol–water partition coefficient (Wildman–Crippen LogP) is 3.61. The van der Waals surface area contributed by atoms with Crippen LogP contribution in [0.4, 0.5) is 5.69 Å². The summed E-state index contributed by atoms with van der Waals surface area (Å²) in [7, 11) is 0. The van der Waals surface area contributed by atoms with Crippen molar-refractivity contribution in [2.24, 2.45) is 0 Å². The molecule has 1 amide bonds. The van der Waals surface area contributed by atoms with E-state index in [1.54, 1.807) is 11.3 Å². The van der Waals surface area contributed by atoms with Gasteiger partial charge in [0, 0.05) is 42.0 Å². The van der Waals surface area contributed by atoms with Crippen molar-refractivity contribution in [3.63, 3.8) is 0 Å². The van der Waals surface area contributed by atoms with E-state index in [1.807, 2.05) is 12.1 Å². The van der Waals surface area contributed by atoms with Crippen molar-refractivity contribution in [1.82, 2.24) is 10.2 Å². The molecule has 4 rings (SSSR count). The predicted molar refractivity (Wildman–Crippen MR) is 121 cm³/mol. The number of benzene rings is 1. The Morgan fingerprint density at radius 3 is 2.87 bits per heavy atom. The molecule has 8 heteroatoms. The molecule has 3 heterocycles. The van der Waals surface area contributed by atoms with Crippen LogP contribution in [0.2, 0.25) is 4.34 Å². The SMILES string of the molecule is CC1c2sc(Cl)cc2C(N2CCOCC2)=CN1c1cccc(CNC(=O)[C@H](C)O)c1. The van der Waals surface area contributed by atoms with Gasteiger partial charge in [0.05, 0.1) is 29.3 Å².